The maximum atomic E-state index is 12.5. The summed E-state index contributed by atoms with van der Waals surface area (Å²) in [4.78, 5) is 25.0. The average molecular weight is 331 g/mol. The minimum Gasteiger partial charge on any atom is -0.465 e. The highest BCUT2D eigenvalue weighted by Gasteiger charge is 2.43. The van der Waals surface area contributed by atoms with Crippen LogP contribution in [0.25, 0.3) is 0 Å². The maximum Gasteiger partial charge on any atom is 0.321 e. The Morgan fingerprint density at radius 1 is 1.04 bits per heavy atom. The number of rotatable bonds is 8. The first-order valence-electron chi connectivity index (χ1n) is 8.25. The van der Waals surface area contributed by atoms with E-state index in [4.69, 9.17) is 9.47 Å². The van der Waals surface area contributed by atoms with Crippen LogP contribution < -0.4 is 0 Å². The lowest BCUT2D eigenvalue weighted by Gasteiger charge is -2.30. The summed E-state index contributed by atoms with van der Waals surface area (Å²) in [5, 5.41) is 9.65. The smallest absolute Gasteiger partial charge is 0.321 e. The minimum absolute atomic E-state index is 0.0356. The van der Waals surface area contributed by atoms with Crippen molar-refractivity contribution in [1.29, 1.82) is 5.26 Å². The van der Waals surface area contributed by atoms with E-state index in [1.54, 1.807) is 13.8 Å². The topological polar surface area (TPSA) is 76.4 Å². The molecule has 5 heteroatoms. The molecule has 0 saturated heterocycles. The second-order valence-electron chi connectivity index (χ2n) is 5.82. The van der Waals surface area contributed by atoms with Crippen molar-refractivity contribution in [3.8, 4) is 6.07 Å². The molecular formula is C19H25NO4. The molecule has 0 aromatic heterocycles. The third-order valence-corrected chi connectivity index (χ3v) is 3.88. The van der Waals surface area contributed by atoms with Gasteiger partial charge in [-0.1, -0.05) is 44.2 Å². The van der Waals surface area contributed by atoms with Crippen LogP contribution in [0.1, 0.15) is 39.2 Å². The summed E-state index contributed by atoms with van der Waals surface area (Å²) in [7, 11) is 0. The van der Waals surface area contributed by atoms with E-state index in [0.29, 0.717) is 0 Å². The van der Waals surface area contributed by atoms with E-state index in [2.05, 4.69) is 6.07 Å². The second kappa shape index (κ2) is 9.71. The van der Waals surface area contributed by atoms with Crippen molar-refractivity contribution >= 4 is 11.9 Å². The summed E-state index contributed by atoms with van der Waals surface area (Å²) in [6, 6.07) is 11.4. The van der Waals surface area contributed by atoms with Gasteiger partial charge >= 0.3 is 11.9 Å². The van der Waals surface area contributed by atoms with E-state index < -0.39 is 29.7 Å². The summed E-state index contributed by atoms with van der Waals surface area (Å²) in [5.41, 5.74) is 0.754. The van der Waals surface area contributed by atoms with Crippen molar-refractivity contribution in [3.05, 3.63) is 35.9 Å². The highest BCUT2D eigenvalue weighted by molar-refractivity contribution is 5.96. The van der Waals surface area contributed by atoms with Crippen molar-refractivity contribution < 1.29 is 19.1 Å². The van der Waals surface area contributed by atoms with Gasteiger partial charge in [0, 0.05) is 5.92 Å². The highest BCUT2D eigenvalue weighted by atomic mass is 16.6. The number of esters is 2. The molecule has 0 saturated carbocycles. The third kappa shape index (κ3) is 4.82. The highest BCUT2D eigenvalue weighted by Crippen LogP contribution is 2.37. The molecule has 2 unspecified atom stereocenters. The Kier molecular flexibility index (Phi) is 7.97. The monoisotopic (exact) mass is 331 g/mol. The van der Waals surface area contributed by atoms with Crippen LogP contribution in [0.4, 0.5) is 0 Å². The molecule has 0 heterocycles. The molecule has 0 spiro atoms. The SMILES string of the molecule is CCOC(=O)C(C(=O)OCC)C(c1ccccc1)C(C#N)C(C)C. The Morgan fingerprint density at radius 2 is 1.54 bits per heavy atom. The Labute approximate surface area is 143 Å². The van der Waals surface area contributed by atoms with Crippen LogP contribution in [-0.2, 0) is 19.1 Å². The van der Waals surface area contributed by atoms with Crippen LogP contribution >= 0.6 is 0 Å². The first kappa shape index (κ1) is 19.7. The molecule has 0 bridgehead atoms. The number of carbonyl (C=O) groups excluding carboxylic acids is 2. The van der Waals surface area contributed by atoms with E-state index in [9.17, 15) is 14.9 Å². The Hall–Kier alpha value is -2.35. The van der Waals surface area contributed by atoms with Gasteiger partial charge in [0.15, 0.2) is 5.92 Å². The first-order valence-corrected chi connectivity index (χ1v) is 8.25. The van der Waals surface area contributed by atoms with Gasteiger partial charge in [-0.25, -0.2) is 0 Å². The summed E-state index contributed by atoms with van der Waals surface area (Å²) in [5.74, 6) is -3.62. The Bertz CT molecular complexity index is 559. The number of nitriles is 1. The number of benzene rings is 1. The maximum absolute atomic E-state index is 12.5. The lowest BCUT2D eigenvalue weighted by Crippen LogP contribution is -2.37. The van der Waals surface area contributed by atoms with Gasteiger partial charge in [0.05, 0.1) is 25.2 Å². The average Bonchev–Trinajstić information content (AvgIpc) is 2.55. The minimum atomic E-state index is -1.15. The molecule has 0 aliphatic rings. The van der Waals surface area contributed by atoms with Gasteiger partial charge in [0.1, 0.15) is 0 Å². The molecule has 0 amide bonds. The third-order valence-electron chi connectivity index (χ3n) is 3.88. The molecule has 1 aromatic rings. The fraction of sp³-hybridized carbons (Fsp3) is 0.526. The second-order valence-corrected chi connectivity index (χ2v) is 5.82. The quantitative estimate of drug-likeness (QED) is 0.539. The van der Waals surface area contributed by atoms with Crippen LogP contribution in [0, 0.1) is 29.1 Å². The number of carbonyl (C=O) groups is 2. The molecule has 0 radical (unpaired) electrons. The van der Waals surface area contributed by atoms with Crippen LogP contribution in [0.5, 0.6) is 0 Å². The molecule has 1 aromatic carbocycles. The van der Waals surface area contributed by atoms with Crippen LogP contribution in [0.15, 0.2) is 30.3 Å². The molecule has 0 N–H and O–H groups in total. The Balaban J connectivity index is 3.42. The van der Waals surface area contributed by atoms with Gasteiger partial charge in [0.25, 0.3) is 0 Å². The number of nitrogens with zero attached hydrogens (tertiary/aromatic N) is 1. The van der Waals surface area contributed by atoms with Crippen LogP contribution in [0.2, 0.25) is 0 Å². The summed E-state index contributed by atoms with van der Waals surface area (Å²) in [6.45, 7) is 7.49. The van der Waals surface area contributed by atoms with Gasteiger partial charge < -0.3 is 9.47 Å². The zero-order chi connectivity index (χ0) is 18.1. The van der Waals surface area contributed by atoms with Crippen molar-refractivity contribution in [2.45, 2.75) is 33.6 Å². The fourth-order valence-electron chi connectivity index (χ4n) is 2.78. The van der Waals surface area contributed by atoms with Gasteiger partial charge in [-0.15, -0.1) is 0 Å². The molecule has 0 fully saturated rings. The largest absolute Gasteiger partial charge is 0.465 e. The predicted octanol–water partition coefficient (Wildman–Crippen LogP) is 3.31. The van der Waals surface area contributed by atoms with Gasteiger partial charge in [-0.3, -0.25) is 9.59 Å². The zero-order valence-electron chi connectivity index (χ0n) is 14.7. The Morgan fingerprint density at radius 3 is 1.92 bits per heavy atom. The molecule has 0 aliphatic carbocycles. The number of ether oxygens (including phenoxy) is 2. The van der Waals surface area contributed by atoms with Gasteiger partial charge in [-0.2, -0.15) is 5.26 Å². The normalized spacial score (nSPS) is 13.2. The van der Waals surface area contributed by atoms with Gasteiger partial charge in [-0.05, 0) is 25.3 Å². The molecule has 130 valence electrons. The van der Waals surface area contributed by atoms with Gasteiger partial charge in [0.2, 0.25) is 0 Å². The van der Waals surface area contributed by atoms with E-state index in [1.165, 1.54) is 0 Å². The first-order chi connectivity index (χ1) is 11.5. The standard InChI is InChI=1S/C19H25NO4/c1-5-23-18(21)17(19(22)24-6-2)16(15(12-20)13(3)4)14-10-8-7-9-11-14/h7-11,13,15-17H,5-6H2,1-4H3. The molecule has 0 aliphatic heterocycles. The van der Waals surface area contributed by atoms with Crippen molar-refractivity contribution in [2.24, 2.45) is 17.8 Å². The van der Waals surface area contributed by atoms with E-state index in [-0.39, 0.29) is 19.1 Å². The molecule has 1 rings (SSSR count). The number of hydrogen-bond acceptors (Lipinski definition) is 5. The lowest BCUT2D eigenvalue weighted by atomic mass is 9.73. The molecule has 5 nitrogen and oxygen atoms in total. The van der Waals surface area contributed by atoms with Crippen molar-refractivity contribution in [1.82, 2.24) is 0 Å². The lowest BCUT2D eigenvalue weighted by molar-refractivity contribution is -0.163. The molecular weight excluding hydrogens is 306 g/mol. The van der Waals surface area contributed by atoms with Crippen molar-refractivity contribution in [2.75, 3.05) is 13.2 Å². The molecule has 24 heavy (non-hydrogen) atoms. The summed E-state index contributed by atoms with van der Waals surface area (Å²) < 4.78 is 10.2. The zero-order valence-corrected chi connectivity index (χ0v) is 14.7. The summed E-state index contributed by atoms with van der Waals surface area (Å²) >= 11 is 0. The van der Waals surface area contributed by atoms with E-state index in [0.717, 1.165) is 5.56 Å². The summed E-state index contributed by atoms with van der Waals surface area (Å²) in [6.07, 6.45) is 0. The molecule has 2 atom stereocenters. The predicted molar refractivity (Wildman–Crippen MR) is 89.9 cm³/mol. The number of hydrogen-bond donors (Lipinski definition) is 0. The fourth-order valence-corrected chi connectivity index (χ4v) is 2.78. The van der Waals surface area contributed by atoms with E-state index in [1.807, 2.05) is 44.2 Å². The van der Waals surface area contributed by atoms with Crippen LogP contribution in [-0.4, -0.2) is 25.2 Å². The van der Waals surface area contributed by atoms with E-state index >= 15 is 0 Å². The van der Waals surface area contributed by atoms with Crippen LogP contribution in [0.3, 0.4) is 0 Å². The van der Waals surface area contributed by atoms with Crippen molar-refractivity contribution in [3.63, 3.8) is 0 Å².